The molecule has 0 unspecified atom stereocenters. The number of aryl methyl sites for hydroxylation is 2. The van der Waals surface area contributed by atoms with E-state index < -0.39 is 0 Å². The van der Waals surface area contributed by atoms with Crippen LogP contribution in [0.2, 0.25) is 0 Å². The Hall–Kier alpha value is -2.01. The molecule has 0 spiro atoms. The molecular formula is C15H20N4O. The van der Waals surface area contributed by atoms with E-state index in [4.69, 9.17) is 5.73 Å². The molecule has 5 heteroatoms. The highest BCUT2D eigenvalue weighted by molar-refractivity contribution is 6.10. The van der Waals surface area contributed by atoms with E-state index in [-0.39, 0.29) is 5.91 Å². The summed E-state index contributed by atoms with van der Waals surface area (Å²) in [6.45, 7) is 8.05. The van der Waals surface area contributed by atoms with Gasteiger partial charge in [-0.25, -0.2) is 0 Å². The number of hydrogen-bond donors (Lipinski definition) is 3. The number of aromatic amines is 1. The molecule has 2 heterocycles. The number of nitrogens with zero attached hydrogens (tertiary/aromatic N) is 1. The summed E-state index contributed by atoms with van der Waals surface area (Å²) in [6, 6.07) is 3.85. The third-order valence-corrected chi connectivity index (χ3v) is 4.16. The predicted octanol–water partition coefficient (Wildman–Crippen LogP) is 1.29. The quantitative estimate of drug-likeness (QED) is 0.771. The first-order valence-electron chi connectivity index (χ1n) is 6.97. The summed E-state index contributed by atoms with van der Waals surface area (Å²) < 4.78 is 0. The van der Waals surface area contributed by atoms with Crippen LogP contribution in [-0.2, 0) is 0 Å². The van der Waals surface area contributed by atoms with Gasteiger partial charge in [-0.1, -0.05) is 0 Å². The molecule has 0 aliphatic carbocycles. The average molecular weight is 272 g/mol. The number of primary amides is 1. The second-order valence-electron chi connectivity index (χ2n) is 5.36. The van der Waals surface area contributed by atoms with Crippen LogP contribution in [0.25, 0.3) is 10.9 Å². The number of carbonyl (C=O) groups excluding carboxylic acids is 1. The number of nitrogens with two attached hydrogens (primary N) is 1. The fourth-order valence-corrected chi connectivity index (χ4v) is 2.94. The molecule has 1 saturated heterocycles. The van der Waals surface area contributed by atoms with Crippen molar-refractivity contribution < 1.29 is 4.79 Å². The van der Waals surface area contributed by atoms with E-state index in [0.29, 0.717) is 5.56 Å². The SMILES string of the molecule is Cc1[nH]c2c(C(N)=O)ccc(N3CCNCC3)c2c1C. The van der Waals surface area contributed by atoms with Gasteiger partial charge < -0.3 is 20.9 Å². The van der Waals surface area contributed by atoms with Crippen LogP contribution in [0.5, 0.6) is 0 Å². The highest BCUT2D eigenvalue weighted by Crippen LogP contribution is 2.33. The number of benzene rings is 1. The Labute approximate surface area is 118 Å². The van der Waals surface area contributed by atoms with Crippen molar-refractivity contribution in [2.24, 2.45) is 5.73 Å². The molecule has 0 atom stereocenters. The summed E-state index contributed by atoms with van der Waals surface area (Å²) >= 11 is 0. The molecule has 1 aliphatic rings. The Morgan fingerprint density at radius 2 is 1.95 bits per heavy atom. The van der Waals surface area contributed by atoms with E-state index in [0.717, 1.165) is 42.8 Å². The minimum Gasteiger partial charge on any atom is -0.368 e. The molecule has 3 rings (SSSR count). The first-order valence-corrected chi connectivity index (χ1v) is 6.97. The van der Waals surface area contributed by atoms with E-state index in [1.165, 1.54) is 11.3 Å². The van der Waals surface area contributed by atoms with Crippen LogP contribution in [0, 0.1) is 13.8 Å². The molecule has 2 aromatic rings. The number of fused-ring (bicyclic) bond motifs is 1. The molecular weight excluding hydrogens is 252 g/mol. The highest BCUT2D eigenvalue weighted by atomic mass is 16.1. The van der Waals surface area contributed by atoms with Crippen molar-refractivity contribution in [2.75, 3.05) is 31.1 Å². The maximum Gasteiger partial charge on any atom is 0.250 e. The maximum atomic E-state index is 11.6. The van der Waals surface area contributed by atoms with Crippen molar-refractivity contribution >= 4 is 22.5 Å². The van der Waals surface area contributed by atoms with E-state index >= 15 is 0 Å². The van der Waals surface area contributed by atoms with Crippen LogP contribution in [0.3, 0.4) is 0 Å². The zero-order chi connectivity index (χ0) is 14.3. The lowest BCUT2D eigenvalue weighted by Gasteiger charge is -2.30. The van der Waals surface area contributed by atoms with Crippen molar-refractivity contribution in [2.45, 2.75) is 13.8 Å². The maximum absolute atomic E-state index is 11.6. The van der Waals surface area contributed by atoms with Gasteiger partial charge in [-0.2, -0.15) is 0 Å². The average Bonchev–Trinajstić information content (AvgIpc) is 2.75. The number of piperazine rings is 1. The Balaban J connectivity index is 2.23. The topological polar surface area (TPSA) is 74.2 Å². The standard InChI is InChI=1S/C15H20N4O/c1-9-10(2)18-14-11(15(16)20)3-4-12(13(9)14)19-7-5-17-6-8-19/h3-4,17-18H,5-8H2,1-2H3,(H2,16,20). The van der Waals surface area contributed by atoms with Gasteiger partial charge in [0, 0.05) is 42.9 Å². The van der Waals surface area contributed by atoms with Gasteiger partial charge in [-0.05, 0) is 31.5 Å². The van der Waals surface area contributed by atoms with Crippen molar-refractivity contribution in [1.82, 2.24) is 10.3 Å². The summed E-state index contributed by atoms with van der Waals surface area (Å²) in [5, 5.41) is 4.48. The van der Waals surface area contributed by atoms with Gasteiger partial charge in [0.15, 0.2) is 0 Å². The van der Waals surface area contributed by atoms with Crippen molar-refractivity contribution in [3.05, 3.63) is 29.0 Å². The third kappa shape index (κ3) is 1.94. The monoisotopic (exact) mass is 272 g/mol. The molecule has 1 aromatic heterocycles. The number of carbonyl (C=O) groups is 1. The summed E-state index contributed by atoms with van der Waals surface area (Å²) in [6.07, 6.45) is 0. The molecule has 106 valence electrons. The lowest BCUT2D eigenvalue weighted by Crippen LogP contribution is -2.43. The fourth-order valence-electron chi connectivity index (χ4n) is 2.94. The first kappa shape index (κ1) is 13.0. The zero-order valence-corrected chi connectivity index (χ0v) is 11.9. The smallest absolute Gasteiger partial charge is 0.250 e. The van der Waals surface area contributed by atoms with Gasteiger partial charge in [-0.3, -0.25) is 4.79 Å². The molecule has 1 aliphatic heterocycles. The van der Waals surface area contributed by atoms with Crippen LogP contribution < -0.4 is 16.0 Å². The lowest BCUT2D eigenvalue weighted by molar-refractivity contribution is 0.100. The molecule has 1 fully saturated rings. The molecule has 0 bridgehead atoms. The van der Waals surface area contributed by atoms with Crippen LogP contribution in [0.15, 0.2) is 12.1 Å². The number of hydrogen-bond acceptors (Lipinski definition) is 3. The summed E-state index contributed by atoms with van der Waals surface area (Å²) in [5.41, 5.74) is 10.4. The van der Waals surface area contributed by atoms with Gasteiger partial charge in [0.05, 0.1) is 11.1 Å². The third-order valence-electron chi connectivity index (χ3n) is 4.16. The summed E-state index contributed by atoms with van der Waals surface area (Å²) in [7, 11) is 0. The number of H-pyrrole nitrogens is 1. The number of rotatable bonds is 2. The van der Waals surface area contributed by atoms with Gasteiger partial charge in [-0.15, -0.1) is 0 Å². The number of nitrogens with one attached hydrogen (secondary N) is 2. The largest absolute Gasteiger partial charge is 0.368 e. The molecule has 0 radical (unpaired) electrons. The first-order chi connectivity index (χ1) is 9.59. The minimum atomic E-state index is -0.386. The van der Waals surface area contributed by atoms with Gasteiger partial charge in [0.25, 0.3) is 5.91 Å². The van der Waals surface area contributed by atoms with E-state index in [1.807, 2.05) is 19.1 Å². The number of aromatic nitrogens is 1. The molecule has 1 aromatic carbocycles. The predicted molar refractivity (Wildman–Crippen MR) is 81.4 cm³/mol. The fraction of sp³-hybridized carbons (Fsp3) is 0.400. The molecule has 4 N–H and O–H groups in total. The Morgan fingerprint density at radius 1 is 1.25 bits per heavy atom. The Kier molecular flexibility index (Phi) is 3.14. The zero-order valence-electron chi connectivity index (χ0n) is 11.9. The molecule has 5 nitrogen and oxygen atoms in total. The normalized spacial score (nSPS) is 15.8. The summed E-state index contributed by atoms with van der Waals surface area (Å²) in [4.78, 5) is 17.3. The summed E-state index contributed by atoms with van der Waals surface area (Å²) in [5.74, 6) is -0.386. The van der Waals surface area contributed by atoms with Gasteiger partial charge in [0.2, 0.25) is 0 Å². The van der Waals surface area contributed by atoms with E-state index in [9.17, 15) is 4.79 Å². The van der Waals surface area contributed by atoms with Gasteiger partial charge >= 0.3 is 0 Å². The molecule has 1 amide bonds. The van der Waals surface area contributed by atoms with Crippen LogP contribution in [0.4, 0.5) is 5.69 Å². The molecule has 0 saturated carbocycles. The Morgan fingerprint density at radius 3 is 2.60 bits per heavy atom. The van der Waals surface area contributed by atoms with Crippen LogP contribution in [-0.4, -0.2) is 37.1 Å². The van der Waals surface area contributed by atoms with E-state index in [1.54, 1.807) is 0 Å². The highest BCUT2D eigenvalue weighted by Gasteiger charge is 2.19. The van der Waals surface area contributed by atoms with Crippen molar-refractivity contribution in [3.8, 4) is 0 Å². The van der Waals surface area contributed by atoms with Crippen LogP contribution >= 0.6 is 0 Å². The van der Waals surface area contributed by atoms with Crippen LogP contribution in [0.1, 0.15) is 21.6 Å². The number of amides is 1. The van der Waals surface area contributed by atoms with E-state index in [2.05, 4.69) is 22.1 Å². The van der Waals surface area contributed by atoms with Crippen molar-refractivity contribution in [3.63, 3.8) is 0 Å². The molecule has 20 heavy (non-hydrogen) atoms. The lowest BCUT2D eigenvalue weighted by atomic mass is 10.0. The minimum absolute atomic E-state index is 0.386. The van der Waals surface area contributed by atoms with Gasteiger partial charge in [0.1, 0.15) is 0 Å². The number of anilines is 1. The van der Waals surface area contributed by atoms with Crippen molar-refractivity contribution in [1.29, 1.82) is 0 Å². The second kappa shape index (κ2) is 4.83. The Bertz CT molecular complexity index is 668. The second-order valence-corrected chi connectivity index (χ2v) is 5.36.